The molecule has 0 radical (unpaired) electrons. The first-order chi connectivity index (χ1) is 7.36. The van der Waals surface area contributed by atoms with Crippen LogP contribution in [0.2, 0.25) is 0 Å². The molecule has 0 rings (SSSR count). The molecular weight excluding hydrogens is 224 g/mol. The van der Waals surface area contributed by atoms with E-state index in [0.29, 0.717) is 18.4 Å². The van der Waals surface area contributed by atoms with E-state index in [0.717, 1.165) is 5.88 Å². The zero-order chi connectivity index (χ0) is 13.1. The van der Waals surface area contributed by atoms with Gasteiger partial charge < -0.3 is 14.5 Å². The smallest absolute Gasteiger partial charge is 0.119 e. The average molecular weight is 248 g/mol. The van der Waals surface area contributed by atoms with E-state index in [1.165, 1.54) is 0 Å². The summed E-state index contributed by atoms with van der Waals surface area (Å²) in [6.07, 6.45) is 2.03. The van der Waals surface area contributed by atoms with Crippen LogP contribution in [-0.2, 0) is 4.74 Å². The Bertz CT molecular complexity index is 189. The molecule has 0 unspecified atom stereocenters. The van der Waals surface area contributed by atoms with E-state index in [1.54, 1.807) is 37.6 Å². The summed E-state index contributed by atoms with van der Waals surface area (Å²) >= 11 is 1.72. The Balaban J connectivity index is 0. The van der Waals surface area contributed by atoms with Crippen molar-refractivity contribution >= 4 is 23.4 Å². The molecule has 6 heteroatoms. The molecule has 0 aromatic heterocycles. The van der Waals surface area contributed by atoms with Gasteiger partial charge in [-0.15, -0.1) is 11.8 Å². The normalized spacial score (nSPS) is 8.88. The topological polar surface area (TPSA) is 63.4 Å². The van der Waals surface area contributed by atoms with Crippen molar-refractivity contribution in [3.05, 3.63) is 0 Å². The molecule has 0 aliphatic rings. The van der Waals surface area contributed by atoms with Crippen molar-refractivity contribution in [1.82, 2.24) is 9.80 Å². The van der Waals surface area contributed by atoms with Crippen LogP contribution in [0.15, 0.2) is 0 Å². The second-order valence-corrected chi connectivity index (χ2v) is 4.24. The van der Waals surface area contributed by atoms with Crippen molar-refractivity contribution in [2.45, 2.75) is 13.8 Å². The molecule has 0 saturated heterocycles. The highest BCUT2D eigenvalue weighted by Gasteiger charge is 1.93. The lowest BCUT2D eigenvalue weighted by Crippen LogP contribution is -2.25. The highest BCUT2D eigenvalue weighted by atomic mass is 32.2. The predicted molar refractivity (Wildman–Crippen MR) is 72.6 cm³/mol. The van der Waals surface area contributed by atoms with Crippen LogP contribution in [0, 0.1) is 10.8 Å². The van der Waals surface area contributed by atoms with Gasteiger partial charge in [0.1, 0.15) is 6.73 Å². The Morgan fingerprint density at radius 2 is 1.56 bits per heavy atom. The van der Waals surface area contributed by atoms with Gasteiger partial charge >= 0.3 is 0 Å². The van der Waals surface area contributed by atoms with Gasteiger partial charge in [0.15, 0.2) is 0 Å². The zero-order valence-corrected chi connectivity index (χ0v) is 11.9. The Morgan fingerprint density at radius 3 is 1.69 bits per heavy atom. The Morgan fingerprint density at radius 1 is 1.12 bits per heavy atom. The average Bonchev–Trinajstić information content (AvgIpc) is 2.19. The molecule has 0 atom stereocenters. The maximum atomic E-state index is 7.12. The summed E-state index contributed by atoms with van der Waals surface area (Å²) in [7, 11) is 5.34. The van der Waals surface area contributed by atoms with Crippen molar-refractivity contribution in [2.24, 2.45) is 0 Å². The van der Waals surface area contributed by atoms with Crippen LogP contribution in [-0.4, -0.2) is 61.5 Å². The largest absolute Gasteiger partial charge is 0.364 e. The Labute approximate surface area is 103 Å². The quantitative estimate of drug-likeness (QED) is 0.452. The molecule has 0 saturated carbocycles. The third-order valence-corrected chi connectivity index (χ3v) is 2.44. The zero-order valence-electron chi connectivity index (χ0n) is 11.1. The van der Waals surface area contributed by atoms with E-state index in [2.05, 4.69) is 0 Å². The number of hydrogen-bond donors (Lipinski definition) is 2. The van der Waals surface area contributed by atoms with E-state index in [1.807, 2.05) is 25.3 Å². The molecule has 96 valence electrons. The summed E-state index contributed by atoms with van der Waals surface area (Å²) in [4.78, 5) is 3.60. The standard InChI is InChI=1S/C5H12N2O.C5H12N2S/c2*1-5(6)7(2)4-8-3/h2*6H,4H2,1-3H3. The van der Waals surface area contributed by atoms with Crippen molar-refractivity contribution in [1.29, 1.82) is 10.8 Å². The van der Waals surface area contributed by atoms with Crippen LogP contribution >= 0.6 is 11.8 Å². The second kappa shape index (κ2) is 10.8. The van der Waals surface area contributed by atoms with E-state index >= 15 is 0 Å². The van der Waals surface area contributed by atoms with Crippen molar-refractivity contribution in [3.63, 3.8) is 0 Å². The van der Waals surface area contributed by atoms with Crippen molar-refractivity contribution in [2.75, 3.05) is 40.1 Å². The van der Waals surface area contributed by atoms with Crippen LogP contribution in [0.3, 0.4) is 0 Å². The Hall–Kier alpha value is -0.750. The SMILES string of the molecule is COCN(C)C(C)=N.CSCN(C)C(C)=N. The first-order valence-electron chi connectivity index (χ1n) is 4.87. The molecular formula is C10H24N4OS. The van der Waals surface area contributed by atoms with E-state index in [-0.39, 0.29) is 0 Å². The summed E-state index contributed by atoms with van der Waals surface area (Å²) in [5, 5.41) is 14.2. The van der Waals surface area contributed by atoms with Gasteiger partial charge in [0.05, 0.1) is 17.5 Å². The van der Waals surface area contributed by atoms with Gasteiger partial charge in [0.25, 0.3) is 0 Å². The van der Waals surface area contributed by atoms with Gasteiger partial charge in [-0.1, -0.05) is 0 Å². The van der Waals surface area contributed by atoms with Crippen molar-refractivity contribution in [3.8, 4) is 0 Å². The first-order valence-corrected chi connectivity index (χ1v) is 6.26. The first kappa shape index (κ1) is 17.6. The molecule has 0 fully saturated rings. The number of nitrogens with one attached hydrogen (secondary N) is 2. The molecule has 5 nitrogen and oxygen atoms in total. The van der Waals surface area contributed by atoms with Crippen LogP contribution in [0.25, 0.3) is 0 Å². The molecule has 2 N–H and O–H groups in total. The fraction of sp³-hybridized carbons (Fsp3) is 0.800. The minimum Gasteiger partial charge on any atom is -0.364 e. The highest BCUT2D eigenvalue weighted by Crippen LogP contribution is 1.94. The molecule has 0 aromatic carbocycles. The number of methoxy groups -OCH3 is 1. The summed E-state index contributed by atoms with van der Waals surface area (Å²) in [6.45, 7) is 4.00. The maximum absolute atomic E-state index is 7.12. The third-order valence-electron chi connectivity index (χ3n) is 1.79. The molecule has 0 bridgehead atoms. The lowest BCUT2D eigenvalue weighted by Gasteiger charge is -2.14. The number of ether oxygens (including phenoxy) is 1. The minimum absolute atomic E-state index is 0.495. The fourth-order valence-corrected chi connectivity index (χ4v) is 1.16. The number of thioether (sulfide) groups is 1. The van der Waals surface area contributed by atoms with Gasteiger partial charge in [-0.2, -0.15) is 0 Å². The summed E-state index contributed by atoms with van der Waals surface area (Å²) in [6, 6.07) is 0. The third kappa shape index (κ3) is 11.3. The Kier molecular flexibility index (Phi) is 11.9. The fourth-order valence-electron chi connectivity index (χ4n) is 0.581. The van der Waals surface area contributed by atoms with Crippen LogP contribution in [0.4, 0.5) is 0 Å². The van der Waals surface area contributed by atoms with Crippen molar-refractivity contribution < 1.29 is 4.74 Å². The van der Waals surface area contributed by atoms with Crippen LogP contribution < -0.4 is 0 Å². The lowest BCUT2D eigenvalue weighted by molar-refractivity contribution is 0.123. The van der Waals surface area contributed by atoms with E-state index < -0.39 is 0 Å². The monoisotopic (exact) mass is 248 g/mol. The molecule has 0 spiro atoms. The second-order valence-electron chi connectivity index (χ2n) is 3.40. The number of rotatable bonds is 4. The van der Waals surface area contributed by atoms with Gasteiger partial charge in [-0.3, -0.25) is 10.8 Å². The molecule has 0 aromatic rings. The van der Waals surface area contributed by atoms with Gasteiger partial charge in [0.2, 0.25) is 0 Å². The van der Waals surface area contributed by atoms with Gasteiger partial charge in [0, 0.05) is 21.2 Å². The molecule has 0 heterocycles. The minimum atomic E-state index is 0.495. The highest BCUT2D eigenvalue weighted by molar-refractivity contribution is 7.98. The molecule has 0 aliphatic heterocycles. The van der Waals surface area contributed by atoms with Gasteiger partial charge in [-0.05, 0) is 20.1 Å². The summed E-state index contributed by atoms with van der Waals surface area (Å²) in [5.74, 6) is 2.06. The van der Waals surface area contributed by atoms with Crippen LogP contribution in [0.1, 0.15) is 13.8 Å². The van der Waals surface area contributed by atoms with Gasteiger partial charge in [-0.25, -0.2) is 0 Å². The molecule has 0 aliphatic carbocycles. The van der Waals surface area contributed by atoms with Crippen LogP contribution in [0.5, 0.6) is 0 Å². The molecule has 0 amide bonds. The molecule has 16 heavy (non-hydrogen) atoms. The summed E-state index contributed by atoms with van der Waals surface area (Å²) < 4.78 is 4.75. The van der Waals surface area contributed by atoms with E-state index in [9.17, 15) is 0 Å². The lowest BCUT2D eigenvalue weighted by atomic mass is 10.6. The number of nitrogens with zero attached hydrogens (tertiary/aromatic N) is 2. The maximum Gasteiger partial charge on any atom is 0.119 e. The number of hydrogen-bond acceptors (Lipinski definition) is 4. The predicted octanol–water partition coefficient (Wildman–Crippen LogP) is 1.76. The number of amidine groups is 2. The summed E-state index contributed by atoms with van der Waals surface area (Å²) in [5.41, 5.74) is 0. The van der Waals surface area contributed by atoms with E-state index in [4.69, 9.17) is 15.6 Å².